The molecule has 6 nitrogen and oxygen atoms in total. The number of halogens is 2. The minimum Gasteiger partial charge on any atom is -0.300 e. The molecule has 30 heavy (non-hydrogen) atoms. The highest BCUT2D eigenvalue weighted by molar-refractivity contribution is 7.92. The van der Waals surface area contributed by atoms with Crippen molar-refractivity contribution in [2.45, 2.75) is 32.1 Å². The van der Waals surface area contributed by atoms with Crippen molar-refractivity contribution in [3.8, 4) is 11.1 Å². The first-order chi connectivity index (χ1) is 14.1. The van der Waals surface area contributed by atoms with Gasteiger partial charge in [-0.05, 0) is 56.2 Å². The Morgan fingerprint density at radius 1 is 1.10 bits per heavy atom. The number of ketones is 1. The number of nitrogens with zero attached hydrogens (tertiary/aromatic N) is 2. The van der Waals surface area contributed by atoms with Gasteiger partial charge < -0.3 is 0 Å². The lowest BCUT2D eigenvalue weighted by atomic mass is 10.0. The third-order valence-electron chi connectivity index (χ3n) is 4.51. The number of carbonyl (C=O) groups excluding carboxylic acids is 1. The van der Waals surface area contributed by atoms with E-state index in [1.54, 1.807) is 38.4 Å². The van der Waals surface area contributed by atoms with Crippen LogP contribution < -0.4 is 4.72 Å². The van der Waals surface area contributed by atoms with E-state index >= 15 is 0 Å². The summed E-state index contributed by atoms with van der Waals surface area (Å²) in [5.74, 6) is -2.10. The minimum atomic E-state index is -4.32. The molecular formula is C21H19F2N3O3S. The summed E-state index contributed by atoms with van der Waals surface area (Å²) in [5.41, 5.74) is 3.07. The van der Waals surface area contributed by atoms with E-state index in [4.69, 9.17) is 0 Å². The zero-order chi connectivity index (χ0) is 22.1. The first kappa shape index (κ1) is 21.5. The second kappa shape index (κ2) is 8.27. The molecule has 0 saturated heterocycles. The fraction of sp³-hybridized carbons (Fsp3) is 0.190. The molecule has 0 aliphatic heterocycles. The summed E-state index contributed by atoms with van der Waals surface area (Å²) in [5, 5.41) is 0. The summed E-state index contributed by atoms with van der Waals surface area (Å²) in [6, 6.07) is 5.71. The molecule has 1 N–H and O–H groups in total. The van der Waals surface area contributed by atoms with Crippen LogP contribution in [-0.4, -0.2) is 24.2 Å². The Morgan fingerprint density at radius 2 is 1.83 bits per heavy atom. The van der Waals surface area contributed by atoms with Crippen LogP contribution in [0.5, 0.6) is 0 Å². The number of hydrogen-bond donors (Lipinski definition) is 1. The van der Waals surface area contributed by atoms with Crippen molar-refractivity contribution in [2.75, 3.05) is 4.72 Å². The number of anilines is 1. The first-order valence-corrected chi connectivity index (χ1v) is 10.5. The SMILES string of the molecule is CC(=O)Cc1cc(-c2cnc(C)c(NS(=O)(=O)c3ccc(F)cc3F)c2C)ccn1. The fourth-order valence-electron chi connectivity index (χ4n) is 3.05. The van der Waals surface area contributed by atoms with Gasteiger partial charge in [-0.2, -0.15) is 0 Å². The van der Waals surface area contributed by atoms with E-state index in [9.17, 15) is 22.0 Å². The number of Topliss-reactive ketones (excluding diaryl/α,β-unsaturated/α-hetero) is 1. The lowest BCUT2D eigenvalue weighted by molar-refractivity contribution is -0.116. The largest absolute Gasteiger partial charge is 0.300 e. The Hall–Kier alpha value is -3.20. The van der Waals surface area contributed by atoms with Crippen LogP contribution in [0.4, 0.5) is 14.5 Å². The predicted molar refractivity (Wildman–Crippen MR) is 108 cm³/mol. The second-order valence-corrected chi connectivity index (χ2v) is 8.50. The zero-order valence-corrected chi connectivity index (χ0v) is 17.3. The van der Waals surface area contributed by atoms with Crippen LogP contribution in [0, 0.1) is 25.5 Å². The van der Waals surface area contributed by atoms with Gasteiger partial charge in [-0.15, -0.1) is 0 Å². The van der Waals surface area contributed by atoms with Crippen LogP contribution in [0.25, 0.3) is 11.1 Å². The molecule has 0 aliphatic rings. The van der Waals surface area contributed by atoms with E-state index in [2.05, 4.69) is 14.7 Å². The monoisotopic (exact) mass is 431 g/mol. The van der Waals surface area contributed by atoms with Gasteiger partial charge in [0.2, 0.25) is 0 Å². The van der Waals surface area contributed by atoms with Gasteiger partial charge in [-0.1, -0.05) is 0 Å². The highest BCUT2D eigenvalue weighted by atomic mass is 32.2. The van der Waals surface area contributed by atoms with E-state index in [1.807, 2.05) is 0 Å². The van der Waals surface area contributed by atoms with E-state index in [-0.39, 0.29) is 17.9 Å². The molecule has 0 aliphatic carbocycles. The molecule has 9 heteroatoms. The van der Waals surface area contributed by atoms with Crippen molar-refractivity contribution in [1.29, 1.82) is 0 Å². The maximum atomic E-state index is 14.0. The number of aryl methyl sites for hydroxylation is 1. The van der Waals surface area contributed by atoms with Gasteiger partial charge in [0.15, 0.2) is 0 Å². The van der Waals surface area contributed by atoms with Crippen molar-refractivity contribution in [3.63, 3.8) is 0 Å². The molecule has 0 fully saturated rings. The minimum absolute atomic E-state index is 0.0341. The molecule has 3 rings (SSSR count). The normalized spacial score (nSPS) is 11.4. The maximum Gasteiger partial charge on any atom is 0.264 e. The first-order valence-electron chi connectivity index (χ1n) is 8.97. The van der Waals surface area contributed by atoms with Crippen molar-refractivity contribution >= 4 is 21.5 Å². The van der Waals surface area contributed by atoms with Crippen molar-refractivity contribution < 1.29 is 22.0 Å². The number of aromatic nitrogens is 2. The molecule has 0 atom stereocenters. The highest BCUT2D eigenvalue weighted by Gasteiger charge is 2.22. The molecular weight excluding hydrogens is 412 g/mol. The second-order valence-electron chi connectivity index (χ2n) is 6.85. The molecule has 0 unspecified atom stereocenters. The van der Waals surface area contributed by atoms with Crippen molar-refractivity contribution in [3.05, 3.63) is 71.3 Å². The third kappa shape index (κ3) is 4.51. The summed E-state index contributed by atoms with van der Waals surface area (Å²) >= 11 is 0. The molecule has 0 saturated carbocycles. The molecule has 0 radical (unpaired) electrons. The zero-order valence-electron chi connectivity index (χ0n) is 16.5. The van der Waals surface area contributed by atoms with Gasteiger partial charge in [0.05, 0.1) is 11.4 Å². The lowest BCUT2D eigenvalue weighted by Gasteiger charge is -2.16. The summed E-state index contributed by atoms with van der Waals surface area (Å²) in [4.78, 5) is 19.1. The summed E-state index contributed by atoms with van der Waals surface area (Å²) < 4.78 is 55.0. The highest BCUT2D eigenvalue weighted by Crippen LogP contribution is 2.31. The average Bonchev–Trinajstić information content (AvgIpc) is 2.64. The van der Waals surface area contributed by atoms with Gasteiger partial charge in [-0.3, -0.25) is 19.5 Å². The number of benzene rings is 1. The van der Waals surface area contributed by atoms with Gasteiger partial charge in [0, 0.05) is 36.1 Å². The molecule has 3 aromatic rings. The quantitative estimate of drug-likeness (QED) is 0.638. The fourth-order valence-corrected chi connectivity index (χ4v) is 4.29. The Labute approximate surface area is 173 Å². The van der Waals surface area contributed by atoms with Gasteiger partial charge in [0.25, 0.3) is 10.0 Å². The van der Waals surface area contributed by atoms with Crippen molar-refractivity contribution in [1.82, 2.24) is 9.97 Å². The molecule has 1 aromatic carbocycles. The van der Waals surface area contributed by atoms with E-state index < -0.39 is 26.6 Å². The number of hydrogen-bond acceptors (Lipinski definition) is 5. The van der Waals surface area contributed by atoms with Crippen LogP contribution in [0.1, 0.15) is 23.9 Å². The van der Waals surface area contributed by atoms with Crippen LogP contribution in [0.15, 0.2) is 47.6 Å². The molecule has 2 aromatic heterocycles. The van der Waals surface area contributed by atoms with Gasteiger partial charge >= 0.3 is 0 Å². The van der Waals surface area contributed by atoms with E-state index in [0.29, 0.717) is 34.1 Å². The van der Waals surface area contributed by atoms with Crippen molar-refractivity contribution in [2.24, 2.45) is 0 Å². The molecule has 0 spiro atoms. The Morgan fingerprint density at radius 3 is 2.50 bits per heavy atom. The smallest absolute Gasteiger partial charge is 0.264 e. The Balaban J connectivity index is 2.04. The number of pyridine rings is 2. The van der Waals surface area contributed by atoms with Crippen LogP contribution >= 0.6 is 0 Å². The Kier molecular flexibility index (Phi) is 5.93. The number of carbonyl (C=O) groups is 1. The summed E-state index contributed by atoms with van der Waals surface area (Å²) in [7, 11) is -4.32. The lowest BCUT2D eigenvalue weighted by Crippen LogP contribution is -2.17. The molecule has 2 heterocycles. The molecule has 0 bridgehead atoms. The molecule has 0 amide bonds. The Bertz CT molecular complexity index is 1240. The predicted octanol–water partition coefficient (Wildman–Crippen LogP) is 3.97. The topological polar surface area (TPSA) is 89.0 Å². The van der Waals surface area contributed by atoms with E-state index in [1.165, 1.54) is 6.92 Å². The van der Waals surface area contributed by atoms with Crippen LogP contribution in [-0.2, 0) is 21.2 Å². The van der Waals surface area contributed by atoms with Crippen LogP contribution in [0.3, 0.4) is 0 Å². The maximum absolute atomic E-state index is 14.0. The number of sulfonamides is 1. The number of rotatable bonds is 6. The molecule has 156 valence electrons. The summed E-state index contributed by atoms with van der Waals surface area (Å²) in [6.07, 6.45) is 3.33. The standard InChI is InChI=1S/C21H19F2N3O3S/c1-12(27)8-17-9-15(6-7-24-17)18-11-25-14(3)21(13(18)2)26-30(28,29)20-5-4-16(22)10-19(20)23/h4-7,9-11,26H,8H2,1-3H3. The van der Waals surface area contributed by atoms with Gasteiger partial charge in [0.1, 0.15) is 22.3 Å². The van der Waals surface area contributed by atoms with E-state index in [0.717, 1.165) is 12.1 Å². The van der Waals surface area contributed by atoms with Gasteiger partial charge in [-0.25, -0.2) is 17.2 Å². The number of nitrogens with one attached hydrogen (secondary N) is 1. The third-order valence-corrected chi connectivity index (χ3v) is 5.89. The summed E-state index contributed by atoms with van der Waals surface area (Å²) in [6.45, 7) is 4.78. The van der Waals surface area contributed by atoms with Crippen LogP contribution in [0.2, 0.25) is 0 Å². The average molecular weight is 431 g/mol.